The van der Waals surface area contributed by atoms with Crippen molar-refractivity contribution < 1.29 is 14.3 Å². The lowest BCUT2D eigenvalue weighted by Gasteiger charge is -2.14. The molecule has 0 atom stereocenters. The molecule has 1 heterocycles. The maximum atomic E-state index is 12.3. The third-order valence-corrected chi connectivity index (χ3v) is 4.51. The number of amides is 1. The van der Waals surface area contributed by atoms with Crippen molar-refractivity contribution in [1.82, 2.24) is 5.32 Å². The Morgan fingerprint density at radius 2 is 1.96 bits per heavy atom. The summed E-state index contributed by atoms with van der Waals surface area (Å²) in [5.74, 6) is 1.33. The number of aryl methyl sites for hydroxylation is 1. The second-order valence-electron chi connectivity index (χ2n) is 6.36. The summed E-state index contributed by atoms with van der Waals surface area (Å²) < 4.78 is 5.45. The molecule has 0 bridgehead atoms. The Balaban J connectivity index is 1.60. The van der Waals surface area contributed by atoms with E-state index in [1.54, 1.807) is 6.07 Å². The Hall–Kier alpha value is -2.27. The van der Waals surface area contributed by atoms with E-state index in [2.05, 4.69) is 10.6 Å². The summed E-state index contributed by atoms with van der Waals surface area (Å²) in [6.07, 6.45) is 4.59. The molecule has 1 aliphatic carbocycles. The number of carbonyl (C=O) groups excluding carboxylic acids is 1. The summed E-state index contributed by atoms with van der Waals surface area (Å²) in [5, 5.41) is 15.4. The summed E-state index contributed by atoms with van der Waals surface area (Å²) >= 11 is 0. The Morgan fingerprint density at radius 3 is 2.62 bits per heavy atom. The molecule has 5 nitrogen and oxygen atoms in total. The topological polar surface area (TPSA) is 74.5 Å². The Kier molecular flexibility index (Phi) is 5.20. The minimum atomic E-state index is -0.0934. The van der Waals surface area contributed by atoms with Gasteiger partial charge in [-0.15, -0.1) is 0 Å². The van der Waals surface area contributed by atoms with E-state index in [9.17, 15) is 4.79 Å². The lowest BCUT2D eigenvalue weighted by atomic mass is 10.1. The lowest BCUT2D eigenvalue weighted by molar-refractivity contribution is 0.0938. The molecule has 2 aromatic rings. The fourth-order valence-electron chi connectivity index (χ4n) is 3.13. The van der Waals surface area contributed by atoms with E-state index in [0.29, 0.717) is 23.9 Å². The lowest BCUT2D eigenvalue weighted by Crippen LogP contribution is -2.32. The van der Waals surface area contributed by atoms with Gasteiger partial charge in [-0.1, -0.05) is 12.8 Å². The zero-order valence-electron chi connectivity index (χ0n) is 14.0. The molecule has 3 rings (SSSR count). The normalized spacial score (nSPS) is 14.8. The number of furan rings is 1. The maximum Gasteiger partial charge on any atom is 0.251 e. The number of anilines is 1. The number of aliphatic hydroxyl groups is 1. The minimum Gasteiger partial charge on any atom is -0.462 e. The van der Waals surface area contributed by atoms with Crippen molar-refractivity contribution in [1.29, 1.82) is 0 Å². The van der Waals surface area contributed by atoms with E-state index in [0.717, 1.165) is 29.9 Å². The Labute approximate surface area is 142 Å². The third kappa shape index (κ3) is 3.97. The molecule has 1 aliphatic rings. The molecule has 0 aliphatic heterocycles. The van der Waals surface area contributed by atoms with Crippen LogP contribution < -0.4 is 10.6 Å². The molecular weight excluding hydrogens is 304 g/mol. The first-order valence-electron chi connectivity index (χ1n) is 8.49. The summed E-state index contributed by atoms with van der Waals surface area (Å²) in [6, 6.07) is 9.62. The molecular formula is C19H24N2O3. The van der Waals surface area contributed by atoms with Crippen molar-refractivity contribution in [3.8, 4) is 0 Å². The van der Waals surface area contributed by atoms with Crippen LogP contribution in [0.1, 0.15) is 53.1 Å². The quantitative estimate of drug-likeness (QED) is 0.760. The van der Waals surface area contributed by atoms with Crippen LogP contribution in [0.15, 0.2) is 34.7 Å². The third-order valence-electron chi connectivity index (χ3n) is 4.51. The van der Waals surface area contributed by atoms with Gasteiger partial charge in [-0.3, -0.25) is 4.79 Å². The fourth-order valence-corrected chi connectivity index (χ4v) is 3.13. The summed E-state index contributed by atoms with van der Waals surface area (Å²) in [7, 11) is 0. The molecule has 1 aromatic heterocycles. The van der Waals surface area contributed by atoms with Gasteiger partial charge in [-0.05, 0) is 55.7 Å². The highest BCUT2D eigenvalue weighted by Crippen LogP contribution is 2.21. The van der Waals surface area contributed by atoms with Crippen molar-refractivity contribution in [2.24, 2.45) is 0 Å². The molecule has 128 valence electrons. The number of hydrogen-bond acceptors (Lipinski definition) is 4. The van der Waals surface area contributed by atoms with Gasteiger partial charge < -0.3 is 20.2 Å². The van der Waals surface area contributed by atoms with Crippen molar-refractivity contribution in [2.75, 3.05) is 5.32 Å². The molecule has 0 spiro atoms. The largest absolute Gasteiger partial charge is 0.462 e. The molecule has 1 amide bonds. The number of carbonyl (C=O) groups is 1. The molecule has 0 unspecified atom stereocenters. The Bertz CT molecular complexity index is 702. The first-order valence-corrected chi connectivity index (χ1v) is 8.49. The van der Waals surface area contributed by atoms with Gasteiger partial charge in [0.25, 0.3) is 5.91 Å². The number of hydrogen-bond donors (Lipinski definition) is 3. The van der Waals surface area contributed by atoms with Crippen LogP contribution in [0.3, 0.4) is 0 Å². The molecule has 1 saturated carbocycles. The van der Waals surface area contributed by atoms with Gasteiger partial charge in [0, 0.05) is 17.3 Å². The van der Waals surface area contributed by atoms with Crippen LogP contribution in [0, 0.1) is 6.92 Å². The SMILES string of the molecule is Cc1cc(C(=O)NC2CCCC2)ccc1NCc1ccc(CO)o1. The Morgan fingerprint density at radius 1 is 1.21 bits per heavy atom. The highest BCUT2D eigenvalue weighted by molar-refractivity contribution is 5.95. The van der Waals surface area contributed by atoms with Crippen LogP contribution >= 0.6 is 0 Å². The monoisotopic (exact) mass is 328 g/mol. The fraction of sp³-hybridized carbons (Fsp3) is 0.421. The second-order valence-corrected chi connectivity index (χ2v) is 6.36. The zero-order valence-corrected chi connectivity index (χ0v) is 14.0. The van der Waals surface area contributed by atoms with E-state index in [1.807, 2.05) is 31.2 Å². The summed E-state index contributed by atoms with van der Waals surface area (Å²) in [6.45, 7) is 2.42. The number of nitrogens with one attached hydrogen (secondary N) is 2. The number of benzene rings is 1. The summed E-state index contributed by atoms with van der Waals surface area (Å²) in [5.41, 5.74) is 2.68. The van der Waals surface area contributed by atoms with E-state index >= 15 is 0 Å². The molecule has 0 saturated heterocycles. The average Bonchev–Trinajstić information content (AvgIpc) is 3.25. The predicted molar refractivity (Wildman–Crippen MR) is 92.9 cm³/mol. The summed E-state index contributed by atoms with van der Waals surface area (Å²) in [4.78, 5) is 12.3. The van der Waals surface area contributed by atoms with Crippen molar-refractivity contribution in [2.45, 2.75) is 51.8 Å². The highest BCUT2D eigenvalue weighted by atomic mass is 16.4. The highest BCUT2D eigenvalue weighted by Gasteiger charge is 2.18. The van der Waals surface area contributed by atoms with E-state index in [-0.39, 0.29) is 12.5 Å². The van der Waals surface area contributed by atoms with Gasteiger partial charge >= 0.3 is 0 Å². The standard InChI is InChI=1S/C19H24N2O3/c1-13-10-14(19(23)21-15-4-2-3-5-15)6-9-18(13)20-11-16-7-8-17(12-22)24-16/h6-10,15,20,22H,2-5,11-12H2,1H3,(H,21,23). The maximum absolute atomic E-state index is 12.3. The van der Waals surface area contributed by atoms with Gasteiger partial charge in [-0.25, -0.2) is 0 Å². The van der Waals surface area contributed by atoms with Crippen molar-refractivity contribution in [3.63, 3.8) is 0 Å². The molecule has 5 heteroatoms. The predicted octanol–water partition coefficient (Wildman–Crippen LogP) is 3.36. The minimum absolute atomic E-state index is 0.00942. The van der Waals surface area contributed by atoms with Gasteiger partial charge in [0.1, 0.15) is 18.1 Å². The van der Waals surface area contributed by atoms with E-state index in [4.69, 9.17) is 9.52 Å². The molecule has 0 radical (unpaired) electrons. The first kappa shape index (κ1) is 16.6. The van der Waals surface area contributed by atoms with Crippen LogP contribution in [0.25, 0.3) is 0 Å². The van der Waals surface area contributed by atoms with Crippen LogP contribution in [0.5, 0.6) is 0 Å². The van der Waals surface area contributed by atoms with Crippen molar-refractivity contribution in [3.05, 3.63) is 53.0 Å². The first-order chi connectivity index (χ1) is 11.7. The van der Waals surface area contributed by atoms with Gasteiger partial charge in [0.05, 0.1) is 6.54 Å². The van der Waals surface area contributed by atoms with Crippen LogP contribution in [-0.2, 0) is 13.2 Å². The number of rotatable bonds is 6. The van der Waals surface area contributed by atoms with Crippen molar-refractivity contribution >= 4 is 11.6 Å². The molecule has 24 heavy (non-hydrogen) atoms. The van der Waals surface area contributed by atoms with Crippen LogP contribution in [0.4, 0.5) is 5.69 Å². The smallest absolute Gasteiger partial charge is 0.251 e. The zero-order chi connectivity index (χ0) is 16.9. The molecule has 1 fully saturated rings. The van der Waals surface area contributed by atoms with E-state index in [1.165, 1.54) is 12.8 Å². The molecule has 3 N–H and O–H groups in total. The molecule has 1 aromatic carbocycles. The average molecular weight is 328 g/mol. The van der Waals surface area contributed by atoms with Gasteiger partial charge in [0.15, 0.2) is 0 Å². The van der Waals surface area contributed by atoms with Gasteiger partial charge in [0.2, 0.25) is 0 Å². The number of aliphatic hydroxyl groups excluding tert-OH is 1. The van der Waals surface area contributed by atoms with Crippen LogP contribution in [0.2, 0.25) is 0 Å². The van der Waals surface area contributed by atoms with Gasteiger partial charge in [-0.2, -0.15) is 0 Å². The van der Waals surface area contributed by atoms with E-state index < -0.39 is 0 Å². The van der Waals surface area contributed by atoms with Crippen LogP contribution in [-0.4, -0.2) is 17.1 Å². The second kappa shape index (κ2) is 7.53.